The highest BCUT2D eigenvalue weighted by Gasteiger charge is 2.31. The summed E-state index contributed by atoms with van der Waals surface area (Å²) >= 11 is 3.26. The molecule has 4 aromatic heterocycles. The maximum atomic E-state index is 12.3. The van der Waals surface area contributed by atoms with E-state index in [1.165, 1.54) is 6.92 Å². The quantitative estimate of drug-likeness (QED) is 0.180. The predicted molar refractivity (Wildman–Crippen MR) is 174 cm³/mol. The van der Waals surface area contributed by atoms with Gasteiger partial charge in [0.25, 0.3) is 0 Å². The van der Waals surface area contributed by atoms with Gasteiger partial charge in [0, 0.05) is 57.1 Å². The molecule has 0 aromatic carbocycles. The number of pyridine rings is 1. The number of carbonyl (C=O) groups is 1. The lowest BCUT2D eigenvalue weighted by Gasteiger charge is -2.32. The van der Waals surface area contributed by atoms with Crippen molar-refractivity contribution in [2.45, 2.75) is 47.7 Å². The Hall–Kier alpha value is -4.60. The molecule has 0 saturated carbocycles. The Morgan fingerprint density at radius 2 is 1.60 bits per heavy atom. The zero-order valence-electron chi connectivity index (χ0n) is 26.0. The topological polar surface area (TPSA) is 124 Å². The van der Waals surface area contributed by atoms with Gasteiger partial charge >= 0.3 is 6.18 Å². The van der Waals surface area contributed by atoms with Gasteiger partial charge < -0.3 is 15.1 Å². The molecular weight excluding hydrogens is 624 g/mol. The first kappa shape index (κ1) is 38.4. The van der Waals surface area contributed by atoms with Crippen LogP contribution in [0.4, 0.5) is 30.1 Å². The third-order valence-electron chi connectivity index (χ3n) is 5.50. The minimum Gasteiger partial charge on any atom is -0.342 e. The fourth-order valence-corrected chi connectivity index (χ4v) is 5.18. The summed E-state index contributed by atoms with van der Waals surface area (Å²) in [5.41, 5.74) is 2.30. The van der Waals surface area contributed by atoms with Crippen LogP contribution in [0.2, 0.25) is 0 Å². The normalized spacial score (nSPS) is 11.9. The largest absolute Gasteiger partial charge is 0.419 e. The van der Waals surface area contributed by atoms with Crippen LogP contribution < -0.4 is 10.2 Å². The monoisotopic (exact) mass is 659 g/mol. The number of nitrogens with zero attached hydrogens (tertiary/aromatic N) is 8. The van der Waals surface area contributed by atoms with Gasteiger partial charge in [-0.2, -0.15) is 18.4 Å². The number of aromatic nitrogens is 5. The van der Waals surface area contributed by atoms with Crippen LogP contribution in [0.5, 0.6) is 0 Å². The molecule has 15 heteroatoms. The number of halogens is 3. The summed E-state index contributed by atoms with van der Waals surface area (Å²) < 4.78 is 37.0. The van der Waals surface area contributed by atoms with Gasteiger partial charge in [0.1, 0.15) is 5.82 Å². The molecule has 5 rings (SSSR count). The Kier molecular flexibility index (Phi) is 16.8. The molecule has 0 aliphatic carbocycles. The van der Waals surface area contributed by atoms with Crippen molar-refractivity contribution >= 4 is 46.0 Å². The number of amides is 1. The Morgan fingerprint density at radius 3 is 2.07 bits per heavy atom. The van der Waals surface area contributed by atoms with Crippen LogP contribution in [0.3, 0.4) is 0 Å². The lowest BCUT2D eigenvalue weighted by Crippen LogP contribution is -2.46. The average Bonchev–Trinajstić information content (AvgIpc) is 3.65. The number of aryl methyl sites for hydroxylation is 3. The van der Waals surface area contributed by atoms with Crippen LogP contribution in [0.25, 0.3) is 10.6 Å². The molecule has 1 saturated heterocycles. The second kappa shape index (κ2) is 19.6. The van der Waals surface area contributed by atoms with Crippen molar-refractivity contribution in [3.05, 3.63) is 57.9 Å². The third kappa shape index (κ3) is 12.5. The van der Waals surface area contributed by atoms with E-state index in [4.69, 9.17) is 5.26 Å². The van der Waals surface area contributed by atoms with Crippen LogP contribution >= 0.6 is 22.7 Å². The van der Waals surface area contributed by atoms with E-state index in [-0.39, 0.29) is 5.95 Å². The summed E-state index contributed by atoms with van der Waals surface area (Å²) in [5, 5.41) is 14.5. The van der Waals surface area contributed by atoms with Crippen molar-refractivity contribution in [3.8, 4) is 29.5 Å². The highest BCUT2D eigenvalue weighted by molar-refractivity contribution is 7.16. The van der Waals surface area contributed by atoms with Gasteiger partial charge in [-0.05, 0) is 32.4 Å². The molecule has 4 aromatic rings. The van der Waals surface area contributed by atoms with Crippen LogP contribution in [0, 0.1) is 44.9 Å². The van der Waals surface area contributed by atoms with Gasteiger partial charge in [-0.25, -0.2) is 24.9 Å². The molecule has 1 N–H and O–H groups in total. The van der Waals surface area contributed by atoms with Crippen LogP contribution in [-0.2, 0) is 11.0 Å². The first-order chi connectivity index (χ1) is 21.5. The average molecular weight is 660 g/mol. The fraction of sp³-hybridized carbons (Fsp3) is 0.367. The van der Waals surface area contributed by atoms with Gasteiger partial charge in [0.15, 0.2) is 5.13 Å². The number of hydrogen-bond donors (Lipinski definition) is 1. The van der Waals surface area contributed by atoms with Crippen LogP contribution in [0.1, 0.15) is 42.6 Å². The third-order valence-corrected chi connectivity index (χ3v) is 7.35. The number of carbonyl (C=O) groups excluding carboxylic acids is 1. The number of alkyl halides is 3. The number of nitriles is 1. The van der Waals surface area contributed by atoms with Gasteiger partial charge in [0.2, 0.25) is 12.4 Å². The Labute approximate surface area is 270 Å². The molecule has 1 fully saturated rings. The summed E-state index contributed by atoms with van der Waals surface area (Å²) in [7, 11) is 0. The van der Waals surface area contributed by atoms with Gasteiger partial charge in [0.05, 0.1) is 32.9 Å². The Morgan fingerprint density at radius 1 is 1.00 bits per heavy atom. The van der Waals surface area contributed by atoms with Crippen LogP contribution in [-0.4, -0.2) is 62.4 Å². The van der Waals surface area contributed by atoms with Gasteiger partial charge in [-0.1, -0.05) is 19.9 Å². The van der Waals surface area contributed by atoms with Crippen molar-refractivity contribution in [3.63, 3.8) is 0 Å². The first-order valence-electron chi connectivity index (χ1n) is 13.6. The first-order valence-corrected chi connectivity index (χ1v) is 15.3. The molecule has 1 aliphatic heterocycles. The molecule has 0 spiro atoms. The maximum Gasteiger partial charge on any atom is 0.419 e. The van der Waals surface area contributed by atoms with Crippen molar-refractivity contribution in [2.24, 2.45) is 0 Å². The zero-order valence-corrected chi connectivity index (χ0v) is 27.6. The smallest absolute Gasteiger partial charge is 0.342 e. The fourth-order valence-electron chi connectivity index (χ4n) is 3.51. The number of anilines is 3. The molecular formula is C30H36F3N9OS2. The summed E-state index contributed by atoms with van der Waals surface area (Å²) in [4.78, 5) is 35.8. The number of thiazole rings is 2. The number of terminal acetylenes is 1. The Balaban J connectivity index is 0.000000378. The van der Waals surface area contributed by atoms with E-state index in [1.807, 2.05) is 52.9 Å². The summed E-state index contributed by atoms with van der Waals surface area (Å²) in [6, 6.07) is 5.74. The lowest BCUT2D eigenvalue weighted by molar-refractivity contribution is -0.138. The number of rotatable bonds is 5. The molecule has 1 amide bonds. The van der Waals surface area contributed by atoms with E-state index in [1.54, 1.807) is 38.5 Å². The molecule has 0 bridgehead atoms. The highest BCUT2D eigenvalue weighted by Crippen LogP contribution is 2.33. The van der Waals surface area contributed by atoms with E-state index >= 15 is 0 Å². The second-order valence-corrected chi connectivity index (χ2v) is 10.7. The van der Waals surface area contributed by atoms with E-state index in [9.17, 15) is 18.0 Å². The minimum atomic E-state index is -4.42. The van der Waals surface area contributed by atoms with Gasteiger partial charge in [-0.15, -0.1) is 35.5 Å². The summed E-state index contributed by atoms with van der Waals surface area (Å²) in [6.07, 6.45) is 7.72. The Bertz CT molecular complexity index is 1490. The number of nitrogens with one attached hydrogen (secondary N) is 1. The lowest BCUT2D eigenvalue weighted by atomic mass is 10.3. The molecule has 0 radical (unpaired) electrons. The zero-order chi connectivity index (χ0) is 34.0. The molecule has 10 nitrogen and oxygen atoms in total. The summed E-state index contributed by atoms with van der Waals surface area (Å²) in [6.45, 7) is 13.6. The standard InChI is InChI=1S/C14H14N4S2.C10H11F3N4O.C2H3N.C2H6.C2H2/c1-8-4-5-12(15-6-8)18-14-17-11(7-19-14)13-9(2)16-10(3)20-13;11-10(12,13)8-5-14-9(15-6-8)17-3-1-16(7-18)2-4-17;1-2-3;2*1-2/h4-7H,1-3H3,(H,15,17,18);5-7H,1-4H2;1H3;1-2H3;1-2H. The summed E-state index contributed by atoms with van der Waals surface area (Å²) in [5.74, 6) is 1.07. The molecule has 1 aliphatic rings. The van der Waals surface area contributed by atoms with E-state index in [0.29, 0.717) is 26.2 Å². The molecule has 0 atom stereocenters. The van der Waals surface area contributed by atoms with E-state index < -0.39 is 11.7 Å². The van der Waals surface area contributed by atoms with Crippen molar-refractivity contribution in [1.82, 2.24) is 29.8 Å². The van der Waals surface area contributed by atoms with E-state index in [0.717, 1.165) is 56.6 Å². The molecule has 0 unspecified atom stereocenters. The highest BCUT2D eigenvalue weighted by atomic mass is 32.1. The SMILES string of the molecule is C#C.CC.CC#N.Cc1ccc(Nc2nc(-c3sc(C)nc3C)cs2)nc1.O=CN1CCN(c2ncc(C(F)(F)F)cn2)CC1. The predicted octanol–water partition coefficient (Wildman–Crippen LogP) is 6.91. The molecule has 240 valence electrons. The van der Waals surface area contributed by atoms with Crippen molar-refractivity contribution in [2.75, 3.05) is 36.4 Å². The second-order valence-electron chi connectivity index (χ2n) is 8.65. The van der Waals surface area contributed by atoms with E-state index in [2.05, 4.69) is 48.5 Å². The van der Waals surface area contributed by atoms with Gasteiger partial charge in [-0.3, -0.25) is 4.79 Å². The minimum absolute atomic E-state index is 0.258. The number of piperazine rings is 1. The molecule has 5 heterocycles. The van der Waals surface area contributed by atoms with Crippen LogP contribution in [0.15, 0.2) is 36.1 Å². The molecule has 45 heavy (non-hydrogen) atoms. The number of hydrogen-bond acceptors (Lipinski definition) is 11. The maximum absolute atomic E-state index is 12.3. The van der Waals surface area contributed by atoms with Crippen molar-refractivity contribution in [1.29, 1.82) is 5.26 Å². The van der Waals surface area contributed by atoms with Crippen molar-refractivity contribution < 1.29 is 18.0 Å².